The molecule has 0 amide bonds. The fraction of sp³-hybridized carbons (Fsp3) is 0.100. The van der Waals surface area contributed by atoms with Crippen molar-refractivity contribution in [1.82, 2.24) is 9.78 Å². The molecule has 0 spiro atoms. The van der Waals surface area contributed by atoms with Crippen molar-refractivity contribution in [2.45, 2.75) is 0 Å². The Morgan fingerprint density at radius 3 is 2.81 bits per heavy atom. The molecule has 1 aromatic heterocycles. The quantitative estimate of drug-likeness (QED) is 0.896. The molecule has 0 saturated carbocycles. The van der Waals surface area contributed by atoms with Gasteiger partial charge in [-0.05, 0) is 34.1 Å². The number of nitrogen functional groups attached to an aromatic ring is 1. The molecule has 6 heteroatoms. The SMILES string of the molecule is Cn1cc(N)c(Nc2ccc(Cl)cc2Br)n1. The first kappa shape index (κ1) is 11.3. The maximum Gasteiger partial charge on any atom is 0.175 e. The van der Waals surface area contributed by atoms with Gasteiger partial charge in [0, 0.05) is 22.7 Å². The minimum atomic E-state index is 0.601. The fourth-order valence-corrected chi connectivity index (χ4v) is 2.10. The predicted octanol–water partition coefficient (Wildman–Crippen LogP) is 3.16. The molecule has 2 aromatic rings. The Hall–Kier alpha value is -1.20. The number of hydrogen-bond acceptors (Lipinski definition) is 3. The summed E-state index contributed by atoms with van der Waals surface area (Å²) in [4.78, 5) is 0. The zero-order valence-corrected chi connectivity index (χ0v) is 10.9. The number of nitrogens with one attached hydrogen (secondary N) is 1. The fourth-order valence-electron chi connectivity index (χ4n) is 1.32. The van der Waals surface area contributed by atoms with Crippen LogP contribution in [0.1, 0.15) is 0 Å². The summed E-state index contributed by atoms with van der Waals surface area (Å²) in [7, 11) is 1.82. The molecular formula is C10H10BrClN4. The van der Waals surface area contributed by atoms with Crippen molar-refractivity contribution in [1.29, 1.82) is 0 Å². The van der Waals surface area contributed by atoms with Crippen molar-refractivity contribution in [3.63, 3.8) is 0 Å². The Balaban J connectivity index is 2.30. The number of hydrogen-bond donors (Lipinski definition) is 2. The summed E-state index contributed by atoms with van der Waals surface area (Å²) in [6, 6.07) is 5.47. The molecular weight excluding hydrogens is 291 g/mol. The van der Waals surface area contributed by atoms with E-state index in [1.54, 1.807) is 16.9 Å². The summed E-state index contributed by atoms with van der Waals surface area (Å²) in [5.41, 5.74) is 7.25. The summed E-state index contributed by atoms with van der Waals surface area (Å²) in [6.07, 6.45) is 1.74. The molecule has 0 atom stereocenters. The van der Waals surface area contributed by atoms with Crippen molar-refractivity contribution < 1.29 is 0 Å². The first-order chi connectivity index (χ1) is 7.56. The third-order valence-electron chi connectivity index (χ3n) is 2.04. The normalized spacial score (nSPS) is 10.4. The van der Waals surface area contributed by atoms with E-state index < -0.39 is 0 Å². The van der Waals surface area contributed by atoms with E-state index in [9.17, 15) is 0 Å². The molecule has 0 bridgehead atoms. The van der Waals surface area contributed by atoms with Gasteiger partial charge in [-0.25, -0.2) is 0 Å². The summed E-state index contributed by atoms with van der Waals surface area (Å²) < 4.78 is 2.52. The van der Waals surface area contributed by atoms with Gasteiger partial charge in [0.2, 0.25) is 0 Å². The topological polar surface area (TPSA) is 55.9 Å². The van der Waals surface area contributed by atoms with E-state index in [1.165, 1.54) is 0 Å². The Kier molecular flexibility index (Phi) is 3.07. The summed E-state index contributed by atoms with van der Waals surface area (Å²) in [5.74, 6) is 0.630. The van der Waals surface area contributed by atoms with Crippen LogP contribution in [-0.2, 0) is 7.05 Å². The van der Waals surface area contributed by atoms with E-state index in [4.69, 9.17) is 17.3 Å². The van der Waals surface area contributed by atoms with Crippen LogP contribution in [-0.4, -0.2) is 9.78 Å². The maximum atomic E-state index is 5.85. The number of halogens is 2. The van der Waals surface area contributed by atoms with E-state index in [1.807, 2.05) is 19.2 Å². The van der Waals surface area contributed by atoms with Crippen molar-refractivity contribution in [3.8, 4) is 0 Å². The summed E-state index contributed by atoms with van der Waals surface area (Å²) in [5, 5.41) is 7.99. The van der Waals surface area contributed by atoms with Crippen LogP contribution in [0.25, 0.3) is 0 Å². The molecule has 3 N–H and O–H groups in total. The van der Waals surface area contributed by atoms with E-state index in [0.29, 0.717) is 16.5 Å². The predicted molar refractivity (Wildman–Crippen MR) is 70.1 cm³/mol. The Bertz CT molecular complexity index is 524. The number of nitrogens with zero attached hydrogens (tertiary/aromatic N) is 2. The van der Waals surface area contributed by atoms with Gasteiger partial charge in [0.25, 0.3) is 0 Å². The number of aryl methyl sites for hydroxylation is 1. The minimum Gasteiger partial charge on any atom is -0.394 e. The lowest BCUT2D eigenvalue weighted by molar-refractivity contribution is 0.771. The number of aromatic nitrogens is 2. The molecule has 16 heavy (non-hydrogen) atoms. The minimum absolute atomic E-state index is 0.601. The van der Waals surface area contributed by atoms with Crippen LogP contribution in [0.4, 0.5) is 17.2 Å². The smallest absolute Gasteiger partial charge is 0.175 e. The lowest BCUT2D eigenvalue weighted by Gasteiger charge is -2.06. The molecule has 0 unspecified atom stereocenters. The largest absolute Gasteiger partial charge is 0.394 e. The molecule has 1 aromatic carbocycles. The second-order valence-corrected chi connectivity index (χ2v) is 4.65. The van der Waals surface area contributed by atoms with Crippen LogP contribution < -0.4 is 11.1 Å². The van der Waals surface area contributed by atoms with E-state index in [0.717, 1.165) is 10.2 Å². The second kappa shape index (κ2) is 4.35. The highest BCUT2D eigenvalue weighted by atomic mass is 79.9. The molecule has 0 radical (unpaired) electrons. The van der Waals surface area contributed by atoms with Crippen LogP contribution in [0.2, 0.25) is 5.02 Å². The van der Waals surface area contributed by atoms with Gasteiger partial charge in [-0.15, -0.1) is 0 Å². The molecule has 0 fully saturated rings. The molecule has 1 heterocycles. The highest BCUT2D eigenvalue weighted by molar-refractivity contribution is 9.10. The Morgan fingerprint density at radius 1 is 1.50 bits per heavy atom. The second-order valence-electron chi connectivity index (χ2n) is 3.36. The molecule has 0 saturated heterocycles. The van der Waals surface area contributed by atoms with Crippen molar-refractivity contribution in [2.24, 2.45) is 7.05 Å². The van der Waals surface area contributed by atoms with E-state index in [-0.39, 0.29) is 0 Å². The zero-order valence-electron chi connectivity index (χ0n) is 8.54. The third-order valence-corrected chi connectivity index (χ3v) is 2.93. The number of rotatable bonds is 2. The number of anilines is 3. The van der Waals surface area contributed by atoms with Gasteiger partial charge in [-0.1, -0.05) is 11.6 Å². The standard InChI is InChI=1S/C10H10BrClN4/c1-16-5-8(13)10(15-16)14-9-3-2-6(12)4-7(9)11/h2-5H,13H2,1H3,(H,14,15). The van der Waals surface area contributed by atoms with E-state index >= 15 is 0 Å². The van der Waals surface area contributed by atoms with Gasteiger partial charge in [0.15, 0.2) is 5.82 Å². The Labute approximate surface area is 107 Å². The highest BCUT2D eigenvalue weighted by Crippen LogP contribution is 2.29. The van der Waals surface area contributed by atoms with Crippen molar-refractivity contribution in [2.75, 3.05) is 11.1 Å². The van der Waals surface area contributed by atoms with Crippen LogP contribution in [0.15, 0.2) is 28.9 Å². The van der Waals surface area contributed by atoms with Gasteiger partial charge < -0.3 is 11.1 Å². The van der Waals surface area contributed by atoms with Crippen molar-refractivity contribution in [3.05, 3.63) is 33.9 Å². The van der Waals surface area contributed by atoms with Crippen LogP contribution >= 0.6 is 27.5 Å². The lowest BCUT2D eigenvalue weighted by Crippen LogP contribution is -1.96. The van der Waals surface area contributed by atoms with Gasteiger partial charge >= 0.3 is 0 Å². The molecule has 84 valence electrons. The first-order valence-electron chi connectivity index (χ1n) is 4.57. The van der Waals surface area contributed by atoms with E-state index in [2.05, 4.69) is 26.3 Å². The summed E-state index contributed by atoms with van der Waals surface area (Å²) in [6.45, 7) is 0. The van der Waals surface area contributed by atoms with Gasteiger partial charge in [-0.3, -0.25) is 4.68 Å². The molecule has 0 aliphatic rings. The number of nitrogens with two attached hydrogens (primary N) is 1. The third kappa shape index (κ3) is 2.31. The zero-order chi connectivity index (χ0) is 11.7. The molecule has 2 rings (SSSR count). The van der Waals surface area contributed by atoms with Crippen LogP contribution in [0.5, 0.6) is 0 Å². The molecule has 0 aliphatic carbocycles. The summed E-state index contributed by atoms with van der Waals surface area (Å²) >= 11 is 9.27. The average Bonchev–Trinajstić information content (AvgIpc) is 2.50. The van der Waals surface area contributed by atoms with Gasteiger partial charge in [-0.2, -0.15) is 5.10 Å². The van der Waals surface area contributed by atoms with Crippen LogP contribution in [0.3, 0.4) is 0 Å². The molecule has 0 aliphatic heterocycles. The van der Waals surface area contributed by atoms with Gasteiger partial charge in [0.1, 0.15) is 0 Å². The maximum absolute atomic E-state index is 5.85. The lowest BCUT2D eigenvalue weighted by atomic mass is 10.3. The first-order valence-corrected chi connectivity index (χ1v) is 5.74. The Morgan fingerprint density at radius 2 is 2.25 bits per heavy atom. The molecule has 4 nitrogen and oxygen atoms in total. The van der Waals surface area contributed by atoms with Gasteiger partial charge in [0.05, 0.1) is 11.4 Å². The van der Waals surface area contributed by atoms with Crippen molar-refractivity contribution >= 4 is 44.7 Å². The average molecular weight is 302 g/mol. The van der Waals surface area contributed by atoms with Crippen LogP contribution in [0, 0.1) is 0 Å². The monoisotopic (exact) mass is 300 g/mol. The highest BCUT2D eigenvalue weighted by Gasteiger charge is 2.06. The number of benzene rings is 1.